The maximum atomic E-state index is 12.0. The molecule has 2 aromatic carbocycles. The Morgan fingerprint density at radius 3 is 2.16 bits per heavy atom. The van der Waals surface area contributed by atoms with Crippen LogP contribution < -0.4 is 5.32 Å². The predicted molar refractivity (Wildman–Crippen MR) is 96.3 cm³/mol. The van der Waals surface area contributed by atoms with Crippen LogP contribution >= 0.6 is 0 Å². The number of ether oxygens (including phenoxy) is 1. The van der Waals surface area contributed by atoms with Crippen molar-refractivity contribution in [1.82, 2.24) is 5.32 Å². The lowest BCUT2D eigenvalue weighted by Crippen LogP contribution is -2.35. The maximum absolute atomic E-state index is 12.0. The number of esters is 1. The summed E-state index contributed by atoms with van der Waals surface area (Å²) in [7, 11) is 0. The van der Waals surface area contributed by atoms with E-state index in [0.717, 1.165) is 24.0 Å². The van der Waals surface area contributed by atoms with Crippen molar-refractivity contribution in [1.29, 1.82) is 0 Å². The van der Waals surface area contributed by atoms with Gasteiger partial charge in [-0.15, -0.1) is 0 Å². The fraction of sp³-hybridized carbons (Fsp3) is 0.300. The first-order chi connectivity index (χ1) is 12.0. The number of aromatic hydroxyl groups is 1. The Balaban J connectivity index is 1.90. The Kier molecular flexibility index (Phi) is 6.57. The van der Waals surface area contributed by atoms with Crippen LogP contribution in [0.3, 0.4) is 0 Å². The van der Waals surface area contributed by atoms with E-state index in [1.807, 2.05) is 13.8 Å². The molecule has 0 spiro atoms. The zero-order chi connectivity index (χ0) is 18.2. The number of rotatable bonds is 7. The molecule has 0 saturated heterocycles. The normalized spacial score (nSPS) is 11.6. The van der Waals surface area contributed by atoms with Crippen LogP contribution in [0.4, 0.5) is 0 Å². The number of carbonyl (C=O) groups is 2. The first-order valence-electron chi connectivity index (χ1n) is 8.35. The second-order valence-electron chi connectivity index (χ2n) is 5.96. The Labute approximate surface area is 147 Å². The average molecular weight is 341 g/mol. The van der Waals surface area contributed by atoms with Crippen molar-refractivity contribution in [2.45, 2.75) is 32.7 Å². The number of phenols is 1. The smallest absolute Gasteiger partial charge is 0.338 e. The molecule has 0 aromatic heterocycles. The van der Waals surface area contributed by atoms with Crippen LogP contribution in [0.1, 0.15) is 37.0 Å². The Morgan fingerprint density at radius 1 is 1.04 bits per heavy atom. The van der Waals surface area contributed by atoms with E-state index in [9.17, 15) is 14.7 Å². The van der Waals surface area contributed by atoms with E-state index in [0.29, 0.717) is 5.56 Å². The van der Waals surface area contributed by atoms with Crippen LogP contribution in [0.15, 0.2) is 48.5 Å². The number of amides is 1. The Bertz CT molecular complexity index is 707. The van der Waals surface area contributed by atoms with Gasteiger partial charge in [-0.1, -0.05) is 37.6 Å². The summed E-state index contributed by atoms with van der Waals surface area (Å²) in [6, 6.07) is 13.8. The molecule has 1 amide bonds. The van der Waals surface area contributed by atoms with Crippen LogP contribution in [0, 0.1) is 0 Å². The van der Waals surface area contributed by atoms with Crippen molar-refractivity contribution in [3.8, 4) is 16.9 Å². The molecule has 0 saturated carbocycles. The van der Waals surface area contributed by atoms with Crippen LogP contribution in [0.25, 0.3) is 11.1 Å². The summed E-state index contributed by atoms with van der Waals surface area (Å²) in [4.78, 5) is 23.7. The van der Waals surface area contributed by atoms with E-state index < -0.39 is 5.97 Å². The van der Waals surface area contributed by atoms with Gasteiger partial charge in [-0.3, -0.25) is 4.79 Å². The summed E-state index contributed by atoms with van der Waals surface area (Å²) in [5.74, 6) is -0.624. The van der Waals surface area contributed by atoms with Gasteiger partial charge in [0, 0.05) is 6.04 Å². The lowest BCUT2D eigenvalue weighted by atomic mass is 10.0. The summed E-state index contributed by atoms with van der Waals surface area (Å²) in [6.45, 7) is 3.68. The van der Waals surface area contributed by atoms with Gasteiger partial charge in [0.05, 0.1) is 5.56 Å². The molecule has 0 fully saturated rings. The van der Waals surface area contributed by atoms with E-state index in [1.165, 1.54) is 0 Å². The molecule has 5 heteroatoms. The lowest BCUT2D eigenvalue weighted by Gasteiger charge is -2.12. The lowest BCUT2D eigenvalue weighted by molar-refractivity contribution is -0.124. The molecule has 0 aliphatic carbocycles. The van der Waals surface area contributed by atoms with Gasteiger partial charge < -0.3 is 15.2 Å². The number of carbonyl (C=O) groups excluding carboxylic acids is 2. The highest BCUT2D eigenvalue weighted by atomic mass is 16.5. The highest BCUT2D eigenvalue weighted by Gasteiger charge is 2.12. The van der Waals surface area contributed by atoms with Crippen molar-refractivity contribution in [2.75, 3.05) is 6.61 Å². The van der Waals surface area contributed by atoms with Crippen LogP contribution in [-0.2, 0) is 9.53 Å². The third-order valence-electron chi connectivity index (χ3n) is 3.78. The number of hydrogen-bond donors (Lipinski definition) is 2. The highest BCUT2D eigenvalue weighted by molar-refractivity contribution is 5.91. The SMILES string of the molecule is CCC[C@@H](C)NC(=O)COC(=O)c1ccc(-c2ccc(O)cc2)cc1. The molecular formula is C20H23NO4. The summed E-state index contributed by atoms with van der Waals surface area (Å²) in [5.41, 5.74) is 2.24. The number of hydrogen-bond acceptors (Lipinski definition) is 4. The van der Waals surface area contributed by atoms with Crippen molar-refractivity contribution < 1.29 is 19.4 Å². The Hall–Kier alpha value is -2.82. The molecule has 5 nitrogen and oxygen atoms in total. The van der Waals surface area contributed by atoms with Crippen molar-refractivity contribution in [3.05, 3.63) is 54.1 Å². The van der Waals surface area contributed by atoms with Gasteiger partial charge in [0.2, 0.25) is 0 Å². The minimum atomic E-state index is -0.532. The van der Waals surface area contributed by atoms with Gasteiger partial charge in [0.1, 0.15) is 5.75 Å². The molecule has 0 heterocycles. The number of benzene rings is 2. The molecule has 1 atom stereocenters. The van der Waals surface area contributed by atoms with Gasteiger partial charge in [0.15, 0.2) is 6.61 Å². The Morgan fingerprint density at radius 2 is 1.60 bits per heavy atom. The molecule has 0 aliphatic rings. The third-order valence-corrected chi connectivity index (χ3v) is 3.78. The topological polar surface area (TPSA) is 75.6 Å². The fourth-order valence-electron chi connectivity index (χ4n) is 2.49. The maximum Gasteiger partial charge on any atom is 0.338 e. The third kappa shape index (κ3) is 5.64. The molecule has 0 aliphatic heterocycles. The fourth-order valence-corrected chi connectivity index (χ4v) is 2.49. The largest absolute Gasteiger partial charge is 0.508 e. The number of nitrogens with one attached hydrogen (secondary N) is 1. The minimum Gasteiger partial charge on any atom is -0.508 e. The van der Waals surface area contributed by atoms with Gasteiger partial charge in [0.25, 0.3) is 5.91 Å². The van der Waals surface area contributed by atoms with E-state index in [2.05, 4.69) is 5.32 Å². The van der Waals surface area contributed by atoms with Crippen molar-refractivity contribution in [3.63, 3.8) is 0 Å². The van der Waals surface area contributed by atoms with E-state index in [-0.39, 0.29) is 24.3 Å². The molecule has 0 unspecified atom stereocenters. The second kappa shape index (κ2) is 8.87. The summed E-state index contributed by atoms with van der Waals surface area (Å²) in [6.07, 6.45) is 1.87. The summed E-state index contributed by atoms with van der Waals surface area (Å²) in [5, 5.41) is 12.1. The first-order valence-corrected chi connectivity index (χ1v) is 8.35. The standard InChI is InChI=1S/C20H23NO4/c1-3-4-14(2)21-19(23)13-25-20(24)17-7-5-15(6-8-17)16-9-11-18(22)12-10-16/h5-12,14,22H,3-4,13H2,1-2H3,(H,21,23)/t14-/m1/s1. The van der Waals surface area contributed by atoms with Crippen molar-refractivity contribution >= 4 is 11.9 Å². The second-order valence-corrected chi connectivity index (χ2v) is 5.96. The first kappa shape index (κ1) is 18.5. The molecule has 25 heavy (non-hydrogen) atoms. The molecular weight excluding hydrogens is 318 g/mol. The van der Waals surface area contributed by atoms with Crippen molar-refractivity contribution in [2.24, 2.45) is 0 Å². The molecule has 0 bridgehead atoms. The predicted octanol–water partition coefficient (Wildman–Crippen LogP) is 3.52. The monoisotopic (exact) mass is 341 g/mol. The minimum absolute atomic E-state index is 0.0702. The summed E-state index contributed by atoms with van der Waals surface area (Å²) < 4.78 is 5.05. The van der Waals surface area contributed by atoms with Gasteiger partial charge in [-0.2, -0.15) is 0 Å². The van der Waals surface area contributed by atoms with Crippen LogP contribution in [-0.4, -0.2) is 29.6 Å². The molecule has 0 radical (unpaired) electrons. The van der Waals surface area contributed by atoms with E-state index in [4.69, 9.17) is 4.74 Å². The highest BCUT2D eigenvalue weighted by Crippen LogP contribution is 2.22. The quantitative estimate of drug-likeness (QED) is 0.756. The zero-order valence-corrected chi connectivity index (χ0v) is 14.5. The number of phenolic OH excluding ortho intramolecular Hbond substituents is 1. The van der Waals surface area contributed by atoms with Crippen LogP contribution in [0.5, 0.6) is 5.75 Å². The van der Waals surface area contributed by atoms with Gasteiger partial charge >= 0.3 is 5.97 Å². The molecule has 2 rings (SSSR count). The average Bonchev–Trinajstić information content (AvgIpc) is 2.60. The molecule has 2 aromatic rings. The molecule has 132 valence electrons. The zero-order valence-electron chi connectivity index (χ0n) is 14.5. The summed E-state index contributed by atoms with van der Waals surface area (Å²) >= 11 is 0. The molecule has 2 N–H and O–H groups in total. The van der Waals surface area contributed by atoms with E-state index in [1.54, 1.807) is 48.5 Å². The van der Waals surface area contributed by atoms with E-state index >= 15 is 0 Å². The van der Waals surface area contributed by atoms with Gasteiger partial charge in [-0.05, 0) is 48.7 Å². The van der Waals surface area contributed by atoms with Gasteiger partial charge in [-0.25, -0.2) is 4.79 Å². The van der Waals surface area contributed by atoms with Crippen LogP contribution in [0.2, 0.25) is 0 Å².